The van der Waals surface area contributed by atoms with Gasteiger partial charge in [0.2, 0.25) is 5.88 Å². The summed E-state index contributed by atoms with van der Waals surface area (Å²) in [6.07, 6.45) is -4.53. The molecule has 0 N–H and O–H groups in total. The molecule has 0 spiro atoms. The van der Waals surface area contributed by atoms with Gasteiger partial charge in [-0.2, -0.15) is 17.5 Å². The molecule has 0 amide bonds. The highest BCUT2D eigenvalue weighted by Crippen LogP contribution is 2.27. The maximum atomic E-state index is 12.4. The maximum Gasteiger partial charge on any atom is 0.453 e. The molecule has 18 heavy (non-hydrogen) atoms. The van der Waals surface area contributed by atoms with E-state index < -0.39 is 12.0 Å². The van der Waals surface area contributed by atoms with Crippen LogP contribution in [0, 0.1) is 6.92 Å². The first kappa shape index (κ1) is 12.8. The second kappa shape index (κ2) is 4.56. The molecule has 2 aromatic heterocycles. The number of nitrogens with zero attached hydrogens (tertiary/aromatic N) is 4. The van der Waals surface area contributed by atoms with E-state index in [-0.39, 0.29) is 12.4 Å². The number of halogens is 3. The van der Waals surface area contributed by atoms with E-state index in [9.17, 15) is 13.2 Å². The van der Waals surface area contributed by atoms with Gasteiger partial charge in [0.05, 0.1) is 13.7 Å². The number of aromatic nitrogens is 4. The monoisotopic (exact) mass is 278 g/mol. The number of aryl methyl sites for hydroxylation is 1. The van der Waals surface area contributed by atoms with Gasteiger partial charge in [0.25, 0.3) is 5.82 Å². The van der Waals surface area contributed by atoms with Crippen molar-refractivity contribution >= 4 is 11.5 Å². The molecular formula is C9H9F3N4OS. The number of alkyl halides is 3. The summed E-state index contributed by atoms with van der Waals surface area (Å²) in [7, 11) is 1.45. The predicted octanol–water partition coefficient (Wildman–Crippen LogP) is 2.12. The van der Waals surface area contributed by atoms with Crippen LogP contribution in [0.25, 0.3) is 0 Å². The van der Waals surface area contributed by atoms with Gasteiger partial charge in [-0.05, 0) is 18.5 Å². The molecule has 0 bridgehead atoms. The van der Waals surface area contributed by atoms with Crippen LogP contribution in [0.3, 0.4) is 0 Å². The summed E-state index contributed by atoms with van der Waals surface area (Å²) in [5, 5.41) is 5.13. The van der Waals surface area contributed by atoms with Crippen LogP contribution in [0.4, 0.5) is 13.2 Å². The van der Waals surface area contributed by atoms with Crippen molar-refractivity contribution in [3.8, 4) is 5.88 Å². The van der Waals surface area contributed by atoms with E-state index in [2.05, 4.69) is 14.5 Å². The lowest BCUT2D eigenvalue weighted by Gasteiger charge is -2.03. The largest absolute Gasteiger partial charge is 0.480 e. The smallest absolute Gasteiger partial charge is 0.453 e. The molecule has 2 aromatic rings. The second-order valence-corrected chi connectivity index (χ2v) is 4.12. The maximum absolute atomic E-state index is 12.4. The summed E-state index contributed by atoms with van der Waals surface area (Å²) >= 11 is 1.17. The van der Waals surface area contributed by atoms with Gasteiger partial charge in [0, 0.05) is 10.9 Å². The second-order valence-electron chi connectivity index (χ2n) is 3.49. The van der Waals surface area contributed by atoms with Crippen molar-refractivity contribution in [3.63, 3.8) is 0 Å². The van der Waals surface area contributed by atoms with Crippen LogP contribution in [0.1, 0.15) is 17.2 Å². The summed E-state index contributed by atoms with van der Waals surface area (Å²) in [5.74, 6) is -0.554. The molecule has 9 heteroatoms. The van der Waals surface area contributed by atoms with Gasteiger partial charge in [0.15, 0.2) is 0 Å². The third-order valence-corrected chi connectivity index (χ3v) is 2.89. The van der Waals surface area contributed by atoms with Gasteiger partial charge in [0.1, 0.15) is 5.82 Å². The van der Waals surface area contributed by atoms with Crippen molar-refractivity contribution in [1.82, 2.24) is 19.1 Å². The Balaban J connectivity index is 2.27. The summed E-state index contributed by atoms with van der Waals surface area (Å²) in [5.41, 5.74) is 0.671. The van der Waals surface area contributed by atoms with Gasteiger partial charge in [-0.15, -0.1) is 5.10 Å². The fourth-order valence-electron chi connectivity index (χ4n) is 1.37. The van der Waals surface area contributed by atoms with Gasteiger partial charge in [-0.1, -0.05) is 0 Å². The molecular weight excluding hydrogens is 269 g/mol. The highest BCUT2D eigenvalue weighted by Gasteiger charge is 2.36. The standard InChI is InChI=1S/C9H9F3N4OS/c1-5-13-8(9(10,11)12)14-16(5)3-6-4-18-15-7(6)17-2/h4H,3H2,1-2H3. The van der Waals surface area contributed by atoms with Crippen molar-refractivity contribution in [2.24, 2.45) is 0 Å². The zero-order valence-electron chi connectivity index (χ0n) is 9.52. The molecule has 0 saturated carbocycles. The molecule has 0 fully saturated rings. The molecule has 5 nitrogen and oxygen atoms in total. The van der Waals surface area contributed by atoms with Gasteiger partial charge in [-0.25, -0.2) is 9.67 Å². The third kappa shape index (κ3) is 2.45. The minimum absolute atomic E-state index is 0.147. The van der Waals surface area contributed by atoms with Crippen LogP contribution in [-0.4, -0.2) is 26.2 Å². The van der Waals surface area contributed by atoms with Crippen molar-refractivity contribution in [1.29, 1.82) is 0 Å². The van der Waals surface area contributed by atoms with Crippen molar-refractivity contribution in [2.75, 3.05) is 7.11 Å². The predicted molar refractivity (Wildman–Crippen MR) is 57.5 cm³/mol. The lowest BCUT2D eigenvalue weighted by molar-refractivity contribution is -0.145. The Morgan fingerprint density at radius 2 is 2.17 bits per heavy atom. The van der Waals surface area contributed by atoms with Gasteiger partial charge < -0.3 is 4.74 Å². The first-order chi connectivity index (χ1) is 8.41. The topological polar surface area (TPSA) is 52.8 Å². The number of hydrogen-bond acceptors (Lipinski definition) is 5. The summed E-state index contributed by atoms with van der Waals surface area (Å²) in [6.45, 7) is 1.61. The Morgan fingerprint density at radius 1 is 1.44 bits per heavy atom. The minimum Gasteiger partial charge on any atom is -0.480 e. The molecule has 2 heterocycles. The number of rotatable bonds is 3. The van der Waals surface area contributed by atoms with Crippen LogP contribution >= 0.6 is 11.5 Å². The quantitative estimate of drug-likeness (QED) is 0.863. The van der Waals surface area contributed by atoms with Crippen LogP contribution in [0.15, 0.2) is 5.38 Å². The zero-order chi connectivity index (χ0) is 13.3. The number of methoxy groups -OCH3 is 1. The Hall–Kier alpha value is -1.64. The van der Waals surface area contributed by atoms with Crippen molar-refractivity contribution < 1.29 is 17.9 Å². The molecule has 2 rings (SSSR count). The number of hydrogen-bond donors (Lipinski definition) is 0. The average molecular weight is 278 g/mol. The van der Waals surface area contributed by atoms with E-state index in [4.69, 9.17) is 4.74 Å². The van der Waals surface area contributed by atoms with Crippen LogP contribution < -0.4 is 4.74 Å². The summed E-state index contributed by atoms with van der Waals surface area (Å²) in [6, 6.07) is 0. The van der Waals surface area contributed by atoms with Gasteiger partial charge in [-0.3, -0.25) is 0 Å². The fourth-order valence-corrected chi connectivity index (χ4v) is 2.01. The van der Waals surface area contributed by atoms with Crippen molar-refractivity contribution in [2.45, 2.75) is 19.6 Å². The first-order valence-corrected chi connectivity index (χ1v) is 5.71. The molecule has 0 aliphatic heterocycles. The van der Waals surface area contributed by atoms with Crippen LogP contribution in [0.5, 0.6) is 5.88 Å². The lowest BCUT2D eigenvalue weighted by Crippen LogP contribution is -2.09. The molecule has 0 atom stereocenters. The highest BCUT2D eigenvalue weighted by atomic mass is 32.1. The van der Waals surface area contributed by atoms with Crippen molar-refractivity contribution in [3.05, 3.63) is 22.6 Å². The van der Waals surface area contributed by atoms with E-state index in [0.717, 1.165) is 0 Å². The Labute approximate surface area is 104 Å². The van der Waals surface area contributed by atoms with E-state index in [0.29, 0.717) is 11.4 Å². The SMILES string of the molecule is COc1nscc1Cn1nc(C(F)(F)F)nc1C. The first-order valence-electron chi connectivity index (χ1n) is 4.87. The average Bonchev–Trinajstić information content (AvgIpc) is 2.86. The third-order valence-electron chi connectivity index (χ3n) is 2.23. The number of ether oxygens (including phenoxy) is 1. The summed E-state index contributed by atoms with van der Waals surface area (Å²) in [4.78, 5) is 3.39. The van der Waals surface area contributed by atoms with E-state index in [1.165, 1.54) is 30.2 Å². The normalized spacial score (nSPS) is 11.8. The van der Waals surface area contributed by atoms with Crippen LogP contribution in [0.2, 0.25) is 0 Å². The highest BCUT2D eigenvalue weighted by molar-refractivity contribution is 7.03. The molecule has 0 radical (unpaired) electrons. The van der Waals surface area contributed by atoms with E-state index >= 15 is 0 Å². The minimum atomic E-state index is -4.53. The van der Waals surface area contributed by atoms with E-state index in [1.54, 1.807) is 5.38 Å². The van der Waals surface area contributed by atoms with Gasteiger partial charge >= 0.3 is 6.18 Å². The zero-order valence-corrected chi connectivity index (χ0v) is 10.3. The Bertz CT molecular complexity index is 548. The molecule has 0 aliphatic rings. The lowest BCUT2D eigenvalue weighted by atomic mass is 10.3. The molecule has 98 valence electrons. The van der Waals surface area contributed by atoms with E-state index in [1.807, 2.05) is 0 Å². The Morgan fingerprint density at radius 3 is 2.72 bits per heavy atom. The Kier molecular flexibility index (Phi) is 3.24. The fraction of sp³-hybridized carbons (Fsp3) is 0.444. The van der Waals surface area contributed by atoms with Crippen LogP contribution in [-0.2, 0) is 12.7 Å². The molecule has 0 aromatic carbocycles. The molecule has 0 aliphatic carbocycles. The molecule has 0 saturated heterocycles. The summed E-state index contributed by atoms with van der Waals surface area (Å²) < 4.78 is 47.4. The molecule has 0 unspecified atom stereocenters.